The summed E-state index contributed by atoms with van der Waals surface area (Å²) in [6.07, 6.45) is 2.91. The first kappa shape index (κ1) is 16.2. The van der Waals surface area contributed by atoms with Crippen LogP contribution in [0, 0.1) is 23.3 Å². The Hall–Kier alpha value is -2.63. The van der Waals surface area contributed by atoms with E-state index in [4.69, 9.17) is 0 Å². The number of hydrogen-bond donors (Lipinski definition) is 0. The SMILES string of the molecule is CC(C)(c1ccc(F)c(F)c1)c1cncn1-c1ccc(F)cc1F. The molecule has 2 aromatic carbocycles. The van der Waals surface area contributed by atoms with E-state index in [1.807, 2.05) is 0 Å². The largest absolute Gasteiger partial charge is 0.299 e. The van der Waals surface area contributed by atoms with Gasteiger partial charge in [-0.3, -0.25) is 4.57 Å². The van der Waals surface area contributed by atoms with E-state index in [9.17, 15) is 17.6 Å². The second-order valence-corrected chi connectivity index (χ2v) is 6.00. The van der Waals surface area contributed by atoms with Crippen LogP contribution >= 0.6 is 0 Å². The summed E-state index contributed by atoms with van der Waals surface area (Å²) in [4.78, 5) is 4.03. The van der Waals surface area contributed by atoms with Crippen molar-refractivity contribution in [3.63, 3.8) is 0 Å². The van der Waals surface area contributed by atoms with Crippen molar-refractivity contribution in [1.29, 1.82) is 0 Å². The van der Waals surface area contributed by atoms with Gasteiger partial charge in [-0.1, -0.05) is 19.9 Å². The van der Waals surface area contributed by atoms with Crippen LogP contribution in [0.3, 0.4) is 0 Å². The van der Waals surface area contributed by atoms with E-state index in [0.717, 1.165) is 24.3 Å². The lowest BCUT2D eigenvalue weighted by Crippen LogP contribution is -2.23. The number of hydrogen-bond acceptors (Lipinski definition) is 1. The van der Waals surface area contributed by atoms with E-state index in [1.54, 1.807) is 13.8 Å². The molecule has 1 aromatic heterocycles. The minimum Gasteiger partial charge on any atom is -0.299 e. The van der Waals surface area contributed by atoms with E-state index < -0.39 is 28.7 Å². The normalized spacial score (nSPS) is 11.8. The van der Waals surface area contributed by atoms with Crippen molar-refractivity contribution in [3.05, 3.63) is 83.4 Å². The fourth-order valence-corrected chi connectivity index (χ4v) is 2.66. The van der Waals surface area contributed by atoms with Gasteiger partial charge in [0.15, 0.2) is 11.6 Å². The number of imidazole rings is 1. The topological polar surface area (TPSA) is 17.8 Å². The van der Waals surface area contributed by atoms with Crippen molar-refractivity contribution in [3.8, 4) is 5.69 Å². The molecule has 3 aromatic rings. The van der Waals surface area contributed by atoms with Crippen LogP contribution in [0.1, 0.15) is 25.1 Å². The van der Waals surface area contributed by atoms with Gasteiger partial charge in [0, 0.05) is 17.7 Å². The number of nitrogens with zero attached hydrogens (tertiary/aromatic N) is 2. The third-order valence-corrected chi connectivity index (χ3v) is 4.09. The molecule has 0 N–H and O–H groups in total. The first-order chi connectivity index (χ1) is 11.3. The molecule has 6 heteroatoms. The summed E-state index contributed by atoms with van der Waals surface area (Å²) in [5, 5.41) is 0. The second kappa shape index (κ2) is 5.78. The lowest BCUT2D eigenvalue weighted by Gasteiger charge is -2.27. The lowest BCUT2D eigenvalue weighted by atomic mass is 9.81. The van der Waals surface area contributed by atoms with Gasteiger partial charge in [0.05, 0.1) is 17.7 Å². The monoisotopic (exact) mass is 334 g/mol. The third-order valence-electron chi connectivity index (χ3n) is 4.09. The summed E-state index contributed by atoms with van der Waals surface area (Å²) in [5.41, 5.74) is 0.399. The lowest BCUT2D eigenvalue weighted by molar-refractivity contribution is 0.500. The number of benzene rings is 2. The molecule has 0 atom stereocenters. The van der Waals surface area contributed by atoms with Gasteiger partial charge in [-0.05, 0) is 29.8 Å². The summed E-state index contributed by atoms with van der Waals surface area (Å²) in [7, 11) is 0. The summed E-state index contributed by atoms with van der Waals surface area (Å²) < 4.78 is 55.5. The van der Waals surface area contributed by atoms with Crippen LogP contribution in [-0.2, 0) is 5.41 Å². The fourth-order valence-electron chi connectivity index (χ4n) is 2.66. The maximum atomic E-state index is 14.1. The molecule has 0 amide bonds. The molecule has 124 valence electrons. The first-order valence-electron chi connectivity index (χ1n) is 7.24. The molecule has 0 aliphatic carbocycles. The van der Waals surface area contributed by atoms with Crippen LogP contribution in [0.25, 0.3) is 5.69 Å². The van der Waals surface area contributed by atoms with Crippen molar-refractivity contribution in [2.24, 2.45) is 0 Å². The Morgan fingerprint density at radius 2 is 1.62 bits per heavy atom. The maximum Gasteiger partial charge on any atom is 0.159 e. The van der Waals surface area contributed by atoms with Crippen LogP contribution in [0.4, 0.5) is 17.6 Å². The quantitative estimate of drug-likeness (QED) is 0.632. The zero-order chi connectivity index (χ0) is 17.5. The molecule has 2 nitrogen and oxygen atoms in total. The Bertz CT molecular complexity index is 900. The summed E-state index contributed by atoms with van der Waals surface area (Å²) >= 11 is 0. The minimum absolute atomic E-state index is 0.125. The highest BCUT2D eigenvalue weighted by atomic mass is 19.2. The molecule has 0 bridgehead atoms. The molecule has 0 radical (unpaired) electrons. The Morgan fingerprint density at radius 3 is 2.29 bits per heavy atom. The maximum absolute atomic E-state index is 14.1. The third kappa shape index (κ3) is 2.68. The predicted octanol–water partition coefficient (Wildman–Crippen LogP) is 4.75. The Kier molecular flexibility index (Phi) is 3.91. The zero-order valence-corrected chi connectivity index (χ0v) is 13.0. The Balaban J connectivity index is 2.13. The van der Waals surface area contributed by atoms with Crippen molar-refractivity contribution >= 4 is 0 Å². The molecule has 0 saturated carbocycles. The van der Waals surface area contributed by atoms with Crippen LogP contribution < -0.4 is 0 Å². The average molecular weight is 334 g/mol. The van der Waals surface area contributed by atoms with Gasteiger partial charge in [-0.25, -0.2) is 22.5 Å². The molecule has 0 spiro atoms. The fraction of sp³-hybridized carbons (Fsp3) is 0.167. The minimum atomic E-state index is -0.959. The molecule has 0 saturated heterocycles. The van der Waals surface area contributed by atoms with Gasteiger partial charge in [0.2, 0.25) is 0 Å². The number of aromatic nitrogens is 2. The molecule has 3 rings (SSSR count). The average Bonchev–Trinajstić information content (AvgIpc) is 3.00. The van der Waals surface area contributed by atoms with Gasteiger partial charge in [0.25, 0.3) is 0 Å². The number of halogens is 4. The highest BCUT2D eigenvalue weighted by Gasteiger charge is 2.29. The molecule has 0 aliphatic rings. The molecule has 0 fully saturated rings. The highest BCUT2D eigenvalue weighted by molar-refractivity contribution is 5.41. The van der Waals surface area contributed by atoms with Crippen LogP contribution in [0.5, 0.6) is 0 Å². The Morgan fingerprint density at radius 1 is 0.875 bits per heavy atom. The van der Waals surface area contributed by atoms with Crippen LogP contribution in [0.15, 0.2) is 48.9 Å². The van der Waals surface area contributed by atoms with E-state index in [0.29, 0.717) is 11.3 Å². The second-order valence-electron chi connectivity index (χ2n) is 6.00. The van der Waals surface area contributed by atoms with Crippen LogP contribution in [0.2, 0.25) is 0 Å². The van der Waals surface area contributed by atoms with E-state index in [2.05, 4.69) is 4.98 Å². The number of rotatable bonds is 3. The van der Waals surface area contributed by atoms with E-state index in [-0.39, 0.29) is 5.69 Å². The molecular weight excluding hydrogens is 320 g/mol. The summed E-state index contributed by atoms with van der Waals surface area (Å²) in [6.45, 7) is 3.57. The molecule has 0 aliphatic heterocycles. The van der Waals surface area contributed by atoms with Crippen molar-refractivity contribution in [2.75, 3.05) is 0 Å². The first-order valence-corrected chi connectivity index (χ1v) is 7.24. The van der Waals surface area contributed by atoms with E-state index in [1.165, 1.54) is 29.2 Å². The highest BCUT2D eigenvalue weighted by Crippen LogP contribution is 2.33. The predicted molar refractivity (Wildman–Crippen MR) is 82.0 cm³/mol. The Labute approximate surface area is 136 Å². The van der Waals surface area contributed by atoms with E-state index >= 15 is 0 Å². The van der Waals surface area contributed by atoms with Crippen molar-refractivity contribution in [1.82, 2.24) is 9.55 Å². The standard InChI is InChI=1S/C18H14F4N2/c1-18(2,11-3-5-13(20)14(21)7-11)17-9-23-10-24(17)16-6-4-12(19)8-15(16)22/h3-10H,1-2H3. The van der Waals surface area contributed by atoms with Gasteiger partial charge in [-0.15, -0.1) is 0 Å². The van der Waals surface area contributed by atoms with Gasteiger partial charge < -0.3 is 0 Å². The summed E-state index contributed by atoms with van der Waals surface area (Å²) in [5.74, 6) is -3.32. The van der Waals surface area contributed by atoms with Gasteiger partial charge in [-0.2, -0.15) is 0 Å². The zero-order valence-electron chi connectivity index (χ0n) is 13.0. The smallest absolute Gasteiger partial charge is 0.159 e. The van der Waals surface area contributed by atoms with Gasteiger partial charge >= 0.3 is 0 Å². The molecule has 1 heterocycles. The van der Waals surface area contributed by atoms with Crippen molar-refractivity contribution < 1.29 is 17.6 Å². The molecule has 0 unspecified atom stereocenters. The van der Waals surface area contributed by atoms with Crippen LogP contribution in [-0.4, -0.2) is 9.55 Å². The van der Waals surface area contributed by atoms with Gasteiger partial charge in [0.1, 0.15) is 11.6 Å². The molecule has 24 heavy (non-hydrogen) atoms. The molecular formula is C18H14F4N2. The van der Waals surface area contributed by atoms with Crippen molar-refractivity contribution in [2.45, 2.75) is 19.3 Å². The summed E-state index contributed by atoms with van der Waals surface area (Å²) in [6, 6.07) is 6.85.